The molecule has 4 nitrogen and oxygen atoms in total. The van der Waals surface area contributed by atoms with Gasteiger partial charge in [-0.1, -0.05) is 19.0 Å². The number of nitrogens with zero attached hydrogens (tertiary/aromatic N) is 1. The van der Waals surface area contributed by atoms with Crippen molar-refractivity contribution in [2.24, 2.45) is 45.4 Å². The van der Waals surface area contributed by atoms with E-state index in [1.807, 2.05) is 6.92 Å². The number of nitrogens with two attached hydrogens (primary N) is 1. The van der Waals surface area contributed by atoms with E-state index in [-0.39, 0.29) is 34.9 Å². The van der Waals surface area contributed by atoms with Gasteiger partial charge in [-0.2, -0.15) is 8.78 Å². The Bertz CT molecular complexity index is 717. The van der Waals surface area contributed by atoms with Gasteiger partial charge in [0.15, 0.2) is 0 Å². The average Bonchev–Trinajstić information content (AvgIpc) is 2.96. The number of oxime groups is 1. The lowest BCUT2D eigenvalue weighted by atomic mass is 9.44. The van der Waals surface area contributed by atoms with Crippen LogP contribution in [0.2, 0.25) is 0 Å². The van der Waals surface area contributed by atoms with E-state index in [4.69, 9.17) is 10.6 Å². The first kappa shape index (κ1) is 20.0. The summed E-state index contributed by atoms with van der Waals surface area (Å²) in [7, 11) is 0. The van der Waals surface area contributed by atoms with Crippen molar-refractivity contribution < 1.29 is 18.4 Å². The van der Waals surface area contributed by atoms with Gasteiger partial charge < -0.3 is 10.6 Å². The summed E-state index contributed by atoms with van der Waals surface area (Å²) in [6, 6.07) is 0. The molecule has 0 radical (unpaired) electrons. The first-order valence-electron chi connectivity index (χ1n) is 10.8. The van der Waals surface area contributed by atoms with E-state index < -0.39 is 11.5 Å². The van der Waals surface area contributed by atoms with Crippen molar-refractivity contribution in [3.8, 4) is 0 Å². The highest BCUT2D eigenvalue weighted by atomic mass is 19.3. The van der Waals surface area contributed by atoms with Crippen molar-refractivity contribution in [2.45, 2.75) is 65.2 Å². The van der Waals surface area contributed by atoms with Crippen LogP contribution >= 0.6 is 0 Å². The van der Waals surface area contributed by atoms with E-state index in [0.29, 0.717) is 31.6 Å². The largest absolute Gasteiger partial charge is 0.395 e. The van der Waals surface area contributed by atoms with Crippen LogP contribution in [0.5, 0.6) is 0 Å². The molecule has 28 heavy (non-hydrogen) atoms. The predicted octanol–water partition coefficient (Wildman–Crippen LogP) is 4.69. The first-order chi connectivity index (χ1) is 13.3. The average molecular weight is 395 g/mol. The summed E-state index contributed by atoms with van der Waals surface area (Å²) >= 11 is 0. The smallest absolute Gasteiger partial charge is 0.269 e. The van der Waals surface area contributed by atoms with E-state index in [9.17, 15) is 13.6 Å². The Hall–Kier alpha value is -1.30. The minimum Gasteiger partial charge on any atom is -0.395 e. The fourth-order valence-corrected chi connectivity index (χ4v) is 7.05. The highest BCUT2D eigenvalue weighted by Crippen LogP contribution is 2.67. The molecule has 0 heterocycles. The Morgan fingerprint density at radius 1 is 1.18 bits per heavy atom. The summed E-state index contributed by atoms with van der Waals surface area (Å²) in [5.74, 6) is 0.635. The number of allylic oxidation sites excluding steroid dienone is 1. The molecular formula is C22H32F2N2O2. The first-order valence-corrected chi connectivity index (χ1v) is 10.8. The van der Waals surface area contributed by atoms with Gasteiger partial charge in [-0.3, -0.25) is 4.79 Å². The van der Waals surface area contributed by atoms with E-state index in [1.165, 1.54) is 0 Å². The minimum atomic E-state index is -1.51. The predicted molar refractivity (Wildman–Crippen MR) is 104 cm³/mol. The van der Waals surface area contributed by atoms with Crippen molar-refractivity contribution in [1.82, 2.24) is 0 Å². The minimum absolute atomic E-state index is 0.0312. The highest BCUT2D eigenvalue weighted by molar-refractivity contribution is 5.87. The molecule has 4 rings (SSSR count). The topological polar surface area (TPSA) is 64.7 Å². The number of rotatable bonds is 3. The van der Waals surface area contributed by atoms with Gasteiger partial charge in [-0.05, 0) is 79.6 Å². The van der Waals surface area contributed by atoms with E-state index >= 15 is 0 Å². The summed E-state index contributed by atoms with van der Waals surface area (Å²) in [6.45, 7) is 5.14. The molecule has 6 atom stereocenters. The Balaban J connectivity index is 1.65. The van der Waals surface area contributed by atoms with Crippen LogP contribution in [0.25, 0.3) is 0 Å². The zero-order chi connectivity index (χ0) is 20.1. The number of halogens is 2. The number of carbonyl (C=O) groups excluding carboxylic acids is 1. The van der Waals surface area contributed by atoms with Crippen molar-refractivity contribution in [1.29, 1.82) is 0 Å². The normalized spacial score (nSPS) is 44.1. The molecule has 4 aliphatic carbocycles. The molecule has 0 spiro atoms. The SMILES string of the molecule is CC12CCC3C(C(=C(F)F)CC4C/C(=N/OCCN)CCC43C)C1CCC2=O. The molecule has 0 aromatic rings. The number of hydrogen-bond acceptors (Lipinski definition) is 4. The summed E-state index contributed by atoms with van der Waals surface area (Å²) in [6.07, 6.45) is 4.52. The molecule has 156 valence electrons. The second-order valence-corrected chi connectivity index (χ2v) is 9.83. The zero-order valence-electron chi connectivity index (χ0n) is 17.0. The molecule has 4 fully saturated rings. The molecule has 4 saturated carbocycles. The maximum atomic E-state index is 14.1. The summed E-state index contributed by atoms with van der Waals surface area (Å²) in [4.78, 5) is 17.8. The van der Waals surface area contributed by atoms with Crippen LogP contribution in [0.4, 0.5) is 8.78 Å². The van der Waals surface area contributed by atoms with Gasteiger partial charge in [-0.15, -0.1) is 0 Å². The summed E-state index contributed by atoms with van der Waals surface area (Å²) in [5, 5.41) is 4.23. The van der Waals surface area contributed by atoms with E-state index in [1.54, 1.807) is 0 Å². The summed E-state index contributed by atoms with van der Waals surface area (Å²) < 4.78 is 28.3. The van der Waals surface area contributed by atoms with Crippen LogP contribution < -0.4 is 5.73 Å². The van der Waals surface area contributed by atoms with Crippen molar-refractivity contribution in [3.05, 3.63) is 11.7 Å². The molecule has 0 bridgehead atoms. The maximum Gasteiger partial charge on any atom is 0.269 e. The molecule has 0 aromatic carbocycles. The molecule has 6 heteroatoms. The lowest BCUT2D eigenvalue weighted by Crippen LogP contribution is -2.54. The van der Waals surface area contributed by atoms with Gasteiger partial charge in [0.25, 0.3) is 6.08 Å². The molecular weight excluding hydrogens is 362 g/mol. The zero-order valence-corrected chi connectivity index (χ0v) is 17.0. The molecule has 2 N–H and O–H groups in total. The van der Waals surface area contributed by atoms with Crippen LogP contribution in [-0.2, 0) is 9.63 Å². The lowest BCUT2D eigenvalue weighted by Gasteiger charge is -2.60. The third kappa shape index (κ3) is 2.94. The van der Waals surface area contributed by atoms with Crippen LogP contribution in [-0.4, -0.2) is 24.6 Å². The van der Waals surface area contributed by atoms with Gasteiger partial charge >= 0.3 is 0 Å². The van der Waals surface area contributed by atoms with Crippen LogP contribution in [0.3, 0.4) is 0 Å². The highest BCUT2D eigenvalue weighted by Gasteiger charge is 2.62. The quantitative estimate of drug-likeness (QED) is 0.558. The third-order valence-corrected chi connectivity index (χ3v) is 8.71. The third-order valence-electron chi connectivity index (χ3n) is 8.71. The van der Waals surface area contributed by atoms with Gasteiger partial charge in [0.1, 0.15) is 12.4 Å². The lowest BCUT2D eigenvalue weighted by molar-refractivity contribution is -0.133. The molecule has 0 aliphatic heterocycles. The maximum absolute atomic E-state index is 14.1. The van der Waals surface area contributed by atoms with Crippen molar-refractivity contribution in [3.63, 3.8) is 0 Å². The van der Waals surface area contributed by atoms with Crippen molar-refractivity contribution >= 4 is 11.5 Å². The van der Waals surface area contributed by atoms with E-state index in [2.05, 4.69) is 12.1 Å². The number of ketones is 1. The number of hydrogen-bond donors (Lipinski definition) is 1. The van der Waals surface area contributed by atoms with Crippen LogP contribution in [0, 0.1) is 34.5 Å². The van der Waals surface area contributed by atoms with Gasteiger partial charge in [0.05, 0.1) is 5.71 Å². The van der Waals surface area contributed by atoms with Gasteiger partial charge in [-0.25, -0.2) is 0 Å². The standard InChI is InChI=1S/C22H32F2N2O2/c1-21-7-5-14(26-28-10-9-25)11-13(21)12-15(20(23)24)19-16-3-4-18(27)22(16,2)8-6-17(19)21/h13,16-17,19H,3-12,25H2,1-2H3/b26-14+. The molecule has 6 unspecified atom stereocenters. The monoisotopic (exact) mass is 394 g/mol. The fraction of sp³-hybridized carbons (Fsp3) is 0.818. The molecule has 0 saturated heterocycles. The van der Waals surface area contributed by atoms with Gasteiger partial charge in [0, 0.05) is 18.4 Å². The second kappa shape index (κ2) is 7.19. The molecule has 0 aromatic heterocycles. The van der Waals surface area contributed by atoms with Gasteiger partial charge in [0.2, 0.25) is 0 Å². The number of Topliss-reactive ketones (excluding diaryl/α,β-unsaturated/α-hetero) is 1. The fourth-order valence-electron chi connectivity index (χ4n) is 7.05. The van der Waals surface area contributed by atoms with Crippen LogP contribution in [0.1, 0.15) is 65.2 Å². The second-order valence-electron chi connectivity index (χ2n) is 9.83. The van der Waals surface area contributed by atoms with Crippen LogP contribution in [0.15, 0.2) is 16.8 Å². The Morgan fingerprint density at radius 2 is 1.96 bits per heavy atom. The molecule has 0 amide bonds. The Kier molecular flexibility index (Phi) is 5.13. The van der Waals surface area contributed by atoms with Crippen molar-refractivity contribution in [2.75, 3.05) is 13.2 Å². The Labute approximate surface area is 165 Å². The number of carbonyl (C=O) groups is 1. The molecule has 4 aliphatic rings. The van der Waals surface area contributed by atoms with E-state index in [0.717, 1.165) is 44.2 Å². The Morgan fingerprint density at radius 3 is 2.68 bits per heavy atom. The number of fused-ring (bicyclic) bond motifs is 5. The summed E-state index contributed by atoms with van der Waals surface area (Å²) in [5.41, 5.74) is 6.39.